The average molecular weight is 185 g/mol. The van der Waals surface area contributed by atoms with Crippen LogP contribution < -0.4 is 5.32 Å². The lowest BCUT2D eigenvalue weighted by Crippen LogP contribution is -2.32. The SMILES string of the molecule is CC(C)(C)OC(=O)NC/C=C/C=O. The third-order valence-electron chi connectivity index (χ3n) is 0.978. The van der Waals surface area contributed by atoms with E-state index in [-0.39, 0.29) is 0 Å². The number of carbonyl (C=O) groups is 2. The quantitative estimate of drug-likeness (QED) is 0.532. The molecule has 1 N–H and O–H groups in total. The third-order valence-corrected chi connectivity index (χ3v) is 0.978. The van der Waals surface area contributed by atoms with Crippen molar-refractivity contribution in [1.29, 1.82) is 0 Å². The molecule has 0 fully saturated rings. The van der Waals surface area contributed by atoms with E-state index in [1.165, 1.54) is 12.2 Å². The molecular formula is C9H15NO3. The number of hydrogen-bond acceptors (Lipinski definition) is 3. The van der Waals surface area contributed by atoms with Gasteiger partial charge < -0.3 is 10.1 Å². The number of alkyl carbamates (subject to hydrolysis) is 1. The first kappa shape index (κ1) is 11.7. The zero-order valence-electron chi connectivity index (χ0n) is 8.16. The Balaban J connectivity index is 3.64. The Kier molecular flexibility index (Phi) is 4.80. The first-order chi connectivity index (χ1) is 5.95. The summed E-state index contributed by atoms with van der Waals surface area (Å²) in [7, 11) is 0. The summed E-state index contributed by atoms with van der Waals surface area (Å²) in [5.41, 5.74) is -0.488. The molecule has 74 valence electrons. The molecule has 0 spiro atoms. The molecule has 0 aliphatic heterocycles. The minimum absolute atomic E-state index is 0.299. The monoisotopic (exact) mass is 185 g/mol. The molecule has 4 nitrogen and oxygen atoms in total. The van der Waals surface area contributed by atoms with Crippen LogP contribution in [0.3, 0.4) is 0 Å². The summed E-state index contributed by atoms with van der Waals surface area (Å²) < 4.78 is 4.95. The summed E-state index contributed by atoms with van der Waals surface area (Å²) >= 11 is 0. The summed E-state index contributed by atoms with van der Waals surface area (Å²) in [6.07, 6.45) is 3.02. The van der Waals surface area contributed by atoms with Gasteiger partial charge in [0.15, 0.2) is 0 Å². The largest absolute Gasteiger partial charge is 0.444 e. The van der Waals surface area contributed by atoms with Gasteiger partial charge in [0.25, 0.3) is 0 Å². The minimum atomic E-state index is -0.488. The number of carbonyl (C=O) groups excluding carboxylic acids is 2. The van der Waals surface area contributed by atoms with Crippen LogP contribution in [0.2, 0.25) is 0 Å². The van der Waals surface area contributed by atoms with Gasteiger partial charge in [0.2, 0.25) is 0 Å². The van der Waals surface area contributed by atoms with Crippen molar-refractivity contribution >= 4 is 12.4 Å². The Labute approximate surface area is 78.0 Å². The molecule has 0 atom stereocenters. The number of hydrogen-bond donors (Lipinski definition) is 1. The van der Waals surface area contributed by atoms with E-state index in [1.54, 1.807) is 20.8 Å². The van der Waals surface area contributed by atoms with Crippen LogP contribution in [0, 0.1) is 0 Å². The maximum absolute atomic E-state index is 11.0. The average Bonchev–Trinajstić information content (AvgIpc) is 1.94. The molecule has 0 heterocycles. The summed E-state index contributed by atoms with van der Waals surface area (Å²) in [5.74, 6) is 0. The van der Waals surface area contributed by atoms with Crippen LogP contribution in [0.25, 0.3) is 0 Å². The van der Waals surface area contributed by atoms with Crippen LogP contribution in [-0.4, -0.2) is 24.5 Å². The maximum atomic E-state index is 11.0. The molecule has 0 aliphatic carbocycles. The molecule has 0 bridgehead atoms. The molecular weight excluding hydrogens is 170 g/mol. The lowest BCUT2D eigenvalue weighted by Gasteiger charge is -2.19. The van der Waals surface area contributed by atoms with Crippen molar-refractivity contribution < 1.29 is 14.3 Å². The predicted molar refractivity (Wildman–Crippen MR) is 49.4 cm³/mol. The number of amides is 1. The van der Waals surface area contributed by atoms with Crippen LogP contribution >= 0.6 is 0 Å². The fourth-order valence-corrected chi connectivity index (χ4v) is 0.580. The molecule has 0 saturated carbocycles. The highest BCUT2D eigenvalue weighted by Gasteiger charge is 2.14. The van der Waals surface area contributed by atoms with E-state index in [2.05, 4.69) is 5.32 Å². The molecule has 0 radical (unpaired) electrons. The van der Waals surface area contributed by atoms with E-state index >= 15 is 0 Å². The van der Waals surface area contributed by atoms with Crippen molar-refractivity contribution in [2.75, 3.05) is 6.54 Å². The molecule has 0 saturated heterocycles. The standard InChI is InChI=1S/C9H15NO3/c1-9(2,3)13-8(12)10-6-4-5-7-11/h4-5,7H,6H2,1-3H3,(H,10,12)/b5-4+. The molecule has 0 aromatic rings. The van der Waals surface area contributed by atoms with Crippen molar-refractivity contribution in [2.24, 2.45) is 0 Å². The summed E-state index contributed by atoms with van der Waals surface area (Å²) in [4.78, 5) is 20.8. The summed E-state index contributed by atoms with van der Waals surface area (Å²) in [6.45, 7) is 5.66. The second-order valence-electron chi connectivity index (χ2n) is 3.45. The first-order valence-corrected chi connectivity index (χ1v) is 4.03. The highest BCUT2D eigenvalue weighted by atomic mass is 16.6. The van der Waals surface area contributed by atoms with E-state index in [4.69, 9.17) is 4.74 Å². The van der Waals surface area contributed by atoms with Gasteiger partial charge in [-0.1, -0.05) is 6.08 Å². The van der Waals surface area contributed by atoms with E-state index < -0.39 is 11.7 Å². The number of nitrogens with one attached hydrogen (secondary N) is 1. The molecule has 0 aromatic carbocycles. The molecule has 13 heavy (non-hydrogen) atoms. The fourth-order valence-electron chi connectivity index (χ4n) is 0.580. The van der Waals surface area contributed by atoms with Crippen LogP contribution in [0.4, 0.5) is 4.79 Å². The molecule has 0 aliphatic rings. The second kappa shape index (κ2) is 5.35. The molecule has 1 amide bonds. The van der Waals surface area contributed by atoms with Gasteiger partial charge in [0.05, 0.1) is 0 Å². The minimum Gasteiger partial charge on any atom is -0.444 e. The Bertz CT molecular complexity index is 203. The number of aldehydes is 1. The fraction of sp³-hybridized carbons (Fsp3) is 0.556. The topological polar surface area (TPSA) is 55.4 Å². The number of rotatable bonds is 3. The molecule has 4 heteroatoms. The van der Waals surface area contributed by atoms with Crippen LogP contribution in [0.5, 0.6) is 0 Å². The van der Waals surface area contributed by atoms with Gasteiger partial charge in [-0.3, -0.25) is 4.79 Å². The Morgan fingerprint density at radius 3 is 2.54 bits per heavy atom. The molecule has 0 aromatic heterocycles. The van der Waals surface area contributed by atoms with Crippen molar-refractivity contribution in [1.82, 2.24) is 5.32 Å². The lowest BCUT2D eigenvalue weighted by atomic mass is 10.2. The van der Waals surface area contributed by atoms with Gasteiger partial charge in [-0.2, -0.15) is 0 Å². The van der Waals surface area contributed by atoms with E-state index in [0.29, 0.717) is 12.8 Å². The number of ether oxygens (including phenoxy) is 1. The maximum Gasteiger partial charge on any atom is 0.407 e. The van der Waals surface area contributed by atoms with Gasteiger partial charge in [0, 0.05) is 6.54 Å². The summed E-state index contributed by atoms with van der Waals surface area (Å²) in [6, 6.07) is 0. The zero-order chi connectivity index (χ0) is 10.3. The normalized spacial score (nSPS) is 11.3. The van der Waals surface area contributed by atoms with Crippen LogP contribution in [-0.2, 0) is 9.53 Å². The zero-order valence-corrected chi connectivity index (χ0v) is 8.16. The Morgan fingerprint density at radius 1 is 1.46 bits per heavy atom. The third kappa shape index (κ3) is 8.59. The van der Waals surface area contributed by atoms with Crippen LogP contribution in [0.15, 0.2) is 12.2 Å². The van der Waals surface area contributed by atoms with Gasteiger partial charge in [-0.25, -0.2) is 4.79 Å². The smallest absolute Gasteiger partial charge is 0.407 e. The highest BCUT2D eigenvalue weighted by molar-refractivity contribution is 5.68. The lowest BCUT2D eigenvalue weighted by molar-refractivity contribution is -0.104. The Hall–Kier alpha value is -1.32. The van der Waals surface area contributed by atoms with Crippen LogP contribution in [0.1, 0.15) is 20.8 Å². The summed E-state index contributed by atoms with van der Waals surface area (Å²) in [5, 5.41) is 2.47. The Morgan fingerprint density at radius 2 is 2.08 bits per heavy atom. The second-order valence-corrected chi connectivity index (χ2v) is 3.45. The highest BCUT2D eigenvalue weighted by Crippen LogP contribution is 2.05. The van der Waals surface area contributed by atoms with E-state index in [9.17, 15) is 9.59 Å². The molecule has 0 rings (SSSR count). The predicted octanol–water partition coefficient (Wildman–Crippen LogP) is 1.27. The van der Waals surface area contributed by atoms with Crippen molar-refractivity contribution in [3.8, 4) is 0 Å². The van der Waals surface area contributed by atoms with Crippen molar-refractivity contribution in [3.63, 3.8) is 0 Å². The van der Waals surface area contributed by atoms with E-state index in [1.807, 2.05) is 0 Å². The van der Waals surface area contributed by atoms with Gasteiger partial charge in [-0.15, -0.1) is 0 Å². The number of allylic oxidation sites excluding steroid dienone is 1. The van der Waals surface area contributed by atoms with Gasteiger partial charge >= 0.3 is 6.09 Å². The van der Waals surface area contributed by atoms with Gasteiger partial charge in [-0.05, 0) is 26.8 Å². The van der Waals surface area contributed by atoms with Crippen molar-refractivity contribution in [2.45, 2.75) is 26.4 Å². The first-order valence-electron chi connectivity index (χ1n) is 4.03. The van der Waals surface area contributed by atoms with Crippen molar-refractivity contribution in [3.05, 3.63) is 12.2 Å². The van der Waals surface area contributed by atoms with Gasteiger partial charge in [0.1, 0.15) is 11.9 Å². The molecule has 0 unspecified atom stereocenters. The van der Waals surface area contributed by atoms with E-state index in [0.717, 1.165) is 0 Å².